The van der Waals surface area contributed by atoms with Gasteiger partial charge in [0.25, 0.3) is 5.91 Å². The van der Waals surface area contributed by atoms with Crippen LogP contribution in [0.1, 0.15) is 48.0 Å². The van der Waals surface area contributed by atoms with Crippen molar-refractivity contribution in [1.82, 2.24) is 15.6 Å². The van der Waals surface area contributed by atoms with E-state index in [-0.39, 0.29) is 23.2 Å². The zero-order chi connectivity index (χ0) is 16.0. The van der Waals surface area contributed by atoms with Crippen LogP contribution in [0, 0.1) is 0 Å². The number of aromatic nitrogens is 1. The molecule has 1 heterocycles. The first kappa shape index (κ1) is 16.6. The maximum absolute atomic E-state index is 11.9. The first-order valence-corrected chi connectivity index (χ1v) is 6.65. The summed E-state index contributed by atoms with van der Waals surface area (Å²) in [4.78, 5) is 38.4. The Morgan fingerprint density at radius 3 is 2.52 bits per heavy atom. The maximum atomic E-state index is 11.9. The minimum Gasteiger partial charge on any atom is -0.478 e. The molecule has 0 aliphatic rings. The van der Waals surface area contributed by atoms with Gasteiger partial charge in [0.2, 0.25) is 5.91 Å². The number of pyridine rings is 1. The molecule has 0 radical (unpaired) electrons. The summed E-state index contributed by atoms with van der Waals surface area (Å²) in [6.07, 6.45) is 2.02. The number of nitrogens with one attached hydrogen (secondary N) is 2. The number of hydrogen-bond acceptors (Lipinski definition) is 4. The molecule has 1 aromatic heterocycles. The van der Waals surface area contributed by atoms with Crippen molar-refractivity contribution in [3.8, 4) is 0 Å². The van der Waals surface area contributed by atoms with Crippen molar-refractivity contribution < 1.29 is 19.5 Å². The first-order valence-electron chi connectivity index (χ1n) is 6.65. The zero-order valence-corrected chi connectivity index (χ0v) is 12.2. The van der Waals surface area contributed by atoms with Gasteiger partial charge in [-0.15, -0.1) is 0 Å². The van der Waals surface area contributed by atoms with Crippen LogP contribution in [-0.4, -0.2) is 40.0 Å². The van der Waals surface area contributed by atoms with Crippen molar-refractivity contribution in [2.45, 2.75) is 39.3 Å². The largest absolute Gasteiger partial charge is 0.478 e. The fourth-order valence-corrected chi connectivity index (χ4v) is 1.49. The van der Waals surface area contributed by atoms with Gasteiger partial charge in [-0.1, -0.05) is 6.92 Å². The Kier molecular flexibility index (Phi) is 5.83. The van der Waals surface area contributed by atoms with Gasteiger partial charge in [0, 0.05) is 12.2 Å². The molecule has 1 aromatic rings. The van der Waals surface area contributed by atoms with E-state index < -0.39 is 17.9 Å². The van der Waals surface area contributed by atoms with Crippen molar-refractivity contribution in [1.29, 1.82) is 0 Å². The van der Waals surface area contributed by atoms with Crippen LogP contribution in [0.15, 0.2) is 18.3 Å². The molecule has 0 fully saturated rings. The summed E-state index contributed by atoms with van der Waals surface area (Å²) in [5, 5.41) is 14.1. The molecule has 0 aliphatic carbocycles. The summed E-state index contributed by atoms with van der Waals surface area (Å²) in [6.45, 7) is 5.36. The van der Waals surface area contributed by atoms with Crippen LogP contribution in [0.4, 0.5) is 0 Å². The minimum absolute atomic E-state index is 0.0188. The van der Waals surface area contributed by atoms with Crippen LogP contribution < -0.4 is 10.6 Å². The molecule has 114 valence electrons. The normalized spacial score (nSPS) is 13.1. The zero-order valence-electron chi connectivity index (χ0n) is 12.2. The molecule has 1 rings (SSSR count). The number of amides is 2. The summed E-state index contributed by atoms with van der Waals surface area (Å²) in [6, 6.07) is 1.74. The molecule has 7 nitrogen and oxygen atoms in total. The van der Waals surface area contributed by atoms with Gasteiger partial charge < -0.3 is 15.7 Å². The maximum Gasteiger partial charge on any atom is 0.335 e. The second kappa shape index (κ2) is 7.37. The van der Waals surface area contributed by atoms with E-state index in [1.807, 2.05) is 13.8 Å². The number of carboxylic acids is 1. The highest BCUT2D eigenvalue weighted by atomic mass is 16.4. The lowest BCUT2D eigenvalue weighted by molar-refractivity contribution is -0.123. The van der Waals surface area contributed by atoms with Gasteiger partial charge in [0.1, 0.15) is 11.7 Å². The Morgan fingerprint density at radius 2 is 1.95 bits per heavy atom. The van der Waals surface area contributed by atoms with Crippen molar-refractivity contribution in [3.05, 3.63) is 29.6 Å². The Bertz CT molecular complexity index is 545. The van der Waals surface area contributed by atoms with Gasteiger partial charge >= 0.3 is 5.97 Å². The molecular formula is C14H19N3O4. The molecule has 7 heteroatoms. The van der Waals surface area contributed by atoms with Crippen LogP contribution in [0.5, 0.6) is 0 Å². The first-order chi connectivity index (χ1) is 9.85. The van der Waals surface area contributed by atoms with E-state index in [9.17, 15) is 14.4 Å². The summed E-state index contributed by atoms with van der Waals surface area (Å²) < 4.78 is 0. The lowest BCUT2D eigenvalue weighted by Gasteiger charge is -2.17. The second-order valence-corrected chi connectivity index (χ2v) is 4.75. The fraction of sp³-hybridized carbons (Fsp3) is 0.429. The van der Waals surface area contributed by atoms with Crippen LogP contribution in [-0.2, 0) is 4.79 Å². The third-order valence-electron chi connectivity index (χ3n) is 2.98. The fourth-order valence-electron chi connectivity index (χ4n) is 1.49. The molecule has 3 N–H and O–H groups in total. The lowest BCUT2D eigenvalue weighted by atomic mass is 10.2. The number of carboxylic acid groups (broad SMARTS) is 1. The van der Waals surface area contributed by atoms with E-state index in [1.54, 1.807) is 6.92 Å². The second-order valence-electron chi connectivity index (χ2n) is 4.75. The van der Waals surface area contributed by atoms with Gasteiger partial charge in [-0.2, -0.15) is 0 Å². The summed E-state index contributed by atoms with van der Waals surface area (Å²) in [5.41, 5.74) is -0.0788. The average molecular weight is 293 g/mol. The summed E-state index contributed by atoms with van der Waals surface area (Å²) >= 11 is 0. The van der Waals surface area contributed by atoms with E-state index in [1.165, 1.54) is 12.3 Å². The number of aromatic carboxylic acids is 1. The molecule has 0 spiro atoms. The van der Waals surface area contributed by atoms with Gasteiger partial charge in [-0.25, -0.2) is 4.79 Å². The molecule has 0 saturated carbocycles. The highest BCUT2D eigenvalue weighted by Gasteiger charge is 2.19. The molecule has 0 aliphatic heterocycles. The van der Waals surface area contributed by atoms with E-state index >= 15 is 0 Å². The highest BCUT2D eigenvalue weighted by Crippen LogP contribution is 2.02. The SMILES string of the molecule is CCC(C)NC(=O)C(C)NC(=O)c1cc(C(=O)O)ccn1. The Labute approximate surface area is 122 Å². The quantitative estimate of drug-likeness (QED) is 0.719. The Hall–Kier alpha value is -2.44. The Morgan fingerprint density at radius 1 is 1.29 bits per heavy atom. The van der Waals surface area contributed by atoms with E-state index in [0.717, 1.165) is 12.5 Å². The van der Waals surface area contributed by atoms with Crippen molar-refractivity contribution in [3.63, 3.8) is 0 Å². The third-order valence-corrected chi connectivity index (χ3v) is 2.98. The number of carbonyl (C=O) groups excluding carboxylic acids is 2. The van der Waals surface area contributed by atoms with Crippen LogP contribution in [0.2, 0.25) is 0 Å². The number of hydrogen-bond donors (Lipinski definition) is 3. The monoisotopic (exact) mass is 293 g/mol. The van der Waals surface area contributed by atoms with Crippen LogP contribution in [0.3, 0.4) is 0 Å². The van der Waals surface area contributed by atoms with Gasteiger partial charge in [-0.3, -0.25) is 14.6 Å². The third kappa shape index (κ3) is 4.87. The number of rotatable bonds is 6. The van der Waals surface area contributed by atoms with Crippen molar-refractivity contribution >= 4 is 17.8 Å². The van der Waals surface area contributed by atoms with Crippen molar-refractivity contribution in [2.75, 3.05) is 0 Å². The summed E-state index contributed by atoms with van der Waals surface area (Å²) in [5.74, 6) is -2.04. The smallest absolute Gasteiger partial charge is 0.335 e. The van der Waals surface area contributed by atoms with Crippen molar-refractivity contribution in [2.24, 2.45) is 0 Å². The molecule has 2 amide bonds. The molecule has 2 atom stereocenters. The predicted molar refractivity (Wildman–Crippen MR) is 76.0 cm³/mol. The molecule has 0 bridgehead atoms. The lowest BCUT2D eigenvalue weighted by Crippen LogP contribution is -2.47. The van der Waals surface area contributed by atoms with E-state index in [2.05, 4.69) is 15.6 Å². The highest BCUT2D eigenvalue weighted by molar-refractivity contribution is 5.98. The standard InChI is InChI=1S/C14H19N3O4/c1-4-8(2)16-12(18)9(3)17-13(19)11-7-10(14(20)21)5-6-15-11/h5-9H,4H2,1-3H3,(H,16,18)(H,17,19)(H,20,21). The van der Waals surface area contributed by atoms with E-state index in [0.29, 0.717) is 0 Å². The molecular weight excluding hydrogens is 274 g/mol. The number of carbonyl (C=O) groups is 3. The minimum atomic E-state index is -1.14. The average Bonchev–Trinajstić information content (AvgIpc) is 2.46. The van der Waals surface area contributed by atoms with E-state index in [4.69, 9.17) is 5.11 Å². The van der Waals surface area contributed by atoms with Crippen LogP contribution >= 0.6 is 0 Å². The topological polar surface area (TPSA) is 108 Å². The van der Waals surface area contributed by atoms with Gasteiger partial charge in [0.05, 0.1) is 5.56 Å². The summed E-state index contributed by atoms with van der Waals surface area (Å²) in [7, 11) is 0. The number of nitrogens with zero attached hydrogens (tertiary/aromatic N) is 1. The molecule has 2 unspecified atom stereocenters. The van der Waals surface area contributed by atoms with Gasteiger partial charge in [0.15, 0.2) is 0 Å². The molecule has 0 saturated heterocycles. The molecule has 21 heavy (non-hydrogen) atoms. The molecule has 0 aromatic carbocycles. The Balaban J connectivity index is 2.70. The predicted octanol–water partition coefficient (Wildman–Crippen LogP) is 0.813. The van der Waals surface area contributed by atoms with Gasteiger partial charge in [-0.05, 0) is 32.4 Å². The van der Waals surface area contributed by atoms with Crippen LogP contribution in [0.25, 0.3) is 0 Å².